The monoisotopic (exact) mass is 290 g/mol. The molecular formula is C16H22N2O3. The van der Waals surface area contributed by atoms with Crippen LogP contribution in [-0.2, 0) is 11.2 Å². The van der Waals surface area contributed by atoms with Crippen molar-refractivity contribution in [2.75, 3.05) is 18.4 Å². The Kier molecular flexibility index (Phi) is 4.50. The molecule has 0 spiro atoms. The third kappa shape index (κ3) is 3.35. The van der Waals surface area contributed by atoms with Crippen LogP contribution in [-0.4, -0.2) is 35.1 Å². The van der Waals surface area contributed by atoms with Gasteiger partial charge in [-0.1, -0.05) is 25.1 Å². The van der Waals surface area contributed by atoms with E-state index in [0.717, 1.165) is 17.7 Å². The second-order valence-corrected chi connectivity index (χ2v) is 5.79. The molecule has 1 aliphatic heterocycles. The zero-order chi connectivity index (χ0) is 15.5. The van der Waals surface area contributed by atoms with Crippen LogP contribution in [0.25, 0.3) is 0 Å². The molecule has 0 aliphatic carbocycles. The zero-order valence-corrected chi connectivity index (χ0v) is 12.6. The van der Waals surface area contributed by atoms with Gasteiger partial charge in [0.1, 0.15) is 0 Å². The van der Waals surface area contributed by atoms with Crippen molar-refractivity contribution in [3.05, 3.63) is 29.8 Å². The number of aliphatic carboxylic acids is 1. The maximum Gasteiger partial charge on any atom is 0.321 e. The fourth-order valence-corrected chi connectivity index (χ4v) is 2.56. The molecule has 1 fully saturated rings. The van der Waals surface area contributed by atoms with Crippen LogP contribution in [0.1, 0.15) is 32.3 Å². The van der Waals surface area contributed by atoms with Gasteiger partial charge in [-0.2, -0.15) is 0 Å². The molecule has 2 N–H and O–H groups in total. The average molecular weight is 290 g/mol. The van der Waals surface area contributed by atoms with Crippen molar-refractivity contribution in [1.82, 2.24) is 4.90 Å². The second-order valence-electron chi connectivity index (χ2n) is 5.79. The Morgan fingerprint density at radius 2 is 1.90 bits per heavy atom. The van der Waals surface area contributed by atoms with E-state index in [9.17, 15) is 14.7 Å². The van der Waals surface area contributed by atoms with Gasteiger partial charge in [-0.25, -0.2) is 4.79 Å². The van der Waals surface area contributed by atoms with Crippen molar-refractivity contribution >= 4 is 17.7 Å². The number of para-hydroxylation sites is 1. The number of likely N-dealkylation sites (tertiary alicyclic amines) is 1. The summed E-state index contributed by atoms with van der Waals surface area (Å²) in [5, 5.41) is 12.1. The number of carbonyl (C=O) groups excluding carboxylic acids is 1. The van der Waals surface area contributed by atoms with E-state index in [1.807, 2.05) is 31.2 Å². The van der Waals surface area contributed by atoms with E-state index >= 15 is 0 Å². The first-order valence-corrected chi connectivity index (χ1v) is 7.33. The third-order valence-electron chi connectivity index (χ3n) is 4.31. The highest BCUT2D eigenvalue weighted by Gasteiger charge is 2.38. The Bertz CT molecular complexity index is 534. The molecule has 0 atom stereocenters. The molecule has 1 heterocycles. The highest BCUT2D eigenvalue weighted by Crippen LogP contribution is 2.31. The first kappa shape index (κ1) is 15.4. The number of carboxylic acid groups (broad SMARTS) is 1. The van der Waals surface area contributed by atoms with Gasteiger partial charge >= 0.3 is 12.0 Å². The van der Waals surface area contributed by atoms with Crippen LogP contribution in [0.2, 0.25) is 0 Å². The van der Waals surface area contributed by atoms with Gasteiger partial charge in [0.25, 0.3) is 0 Å². The summed E-state index contributed by atoms with van der Waals surface area (Å²) in [5.41, 5.74) is 1.22. The lowest BCUT2D eigenvalue weighted by molar-refractivity contribution is -0.150. The van der Waals surface area contributed by atoms with E-state index < -0.39 is 11.4 Å². The van der Waals surface area contributed by atoms with Gasteiger partial charge in [0.05, 0.1) is 5.41 Å². The summed E-state index contributed by atoms with van der Waals surface area (Å²) in [5.74, 6) is -0.779. The highest BCUT2D eigenvalue weighted by atomic mass is 16.4. The maximum atomic E-state index is 12.3. The zero-order valence-electron chi connectivity index (χ0n) is 12.6. The summed E-state index contributed by atoms with van der Waals surface area (Å²) in [4.78, 5) is 25.2. The molecule has 1 aromatic carbocycles. The molecule has 21 heavy (non-hydrogen) atoms. The van der Waals surface area contributed by atoms with E-state index in [2.05, 4.69) is 5.32 Å². The van der Waals surface area contributed by atoms with Crippen molar-refractivity contribution in [1.29, 1.82) is 0 Å². The van der Waals surface area contributed by atoms with Crippen molar-refractivity contribution < 1.29 is 14.7 Å². The quantitative estimate of drug-likeness (QED) is 0.899. The van der Waals surface area contributed by atoms with Crippen molar-refractivity contribution in [3.8, 4) is 0 Å². The van der Waals surface area contributed by atoms with E-state index in [1.165, 1.54) is 0 Å². The smallest absolute Gasteiger partial charge is 0.321 e. The fraction of sp³-hybridized carbons (Fsp3) is 0.500. The molecule has 1 aliphatic rings. The molecule has 0 saturated carbocycles. The number of piperidine rings is 1. The predicted molar refractivity (Wildman–Crippen MR) is 81.4 cm³/mol. The number of nitrogens with one attached hydrogen (secondary N) is 1. The van der Waals surface area contributed by atoms with Crippen molar-refractivity contribution in [2.45, 2.75) is 33.1 Å². The van der Waals surface area contributed by atoms with E-state index in [1.54, 1.807) is 11.8 Å². The molecule has 5 heteroatoms. The van der Waals surface area contributed by atoms with E-state index in [0.29, 0.717) is 25.9 Å². The molecule has 0 unspecified atom stereocenters. The van der Waals surface area contributed by atoms with Crippen molar-refractivity contribution in [2.24, 2.45) is 5.41 Å². The molecule has 1 aromatic rings. The van der Waals surface area contributed by atoms with Crippen LogP contribution >= 0.6 is 0 Å². The number of rotatable bonds is 3. The molecule has 1 saturated heterocycles. The summed E-state index contributed by atoms with van der Waals surface area (Å²) >= 11 is 0. The van der Waals surface area contributed by atoms with Gasteiger partial charge < -0.3 is 15.3 Å². The van der Waals surface area contributed by atoms with Crippen LogP contribution < -0.4 is 5.32 Å². The summed E-state index contributed by atoms with van der Waals surface area (Å²) in [6.45, 7) is 4.74. The van der Waals surface area contributed by atoms with Gasteiger partial charge in [0.15, 0.2) is 0 Å². The van der Waals surface area contributed by atoms with Crippen LogP contribution in [0.4, 0.5) is 10.5 Å². The lowest BCUT2D eigenvalue weighted by Crippen LogP contribution is -2.46. The number of amides is 2. The summed E-state index contributed by atoms with van der Waals surface area (Å²) < 4.78 is 0. The minimum Gasteiger partial charge on any atom is -0.481 e. The molecule has 0 radical (unpaired) electrons. The van der Waals surface area contributed by atoms with Gasteiger partial charge in [-0.15, -0.1) is 0 Å². The second kappa shape index (κ2) is 6.16. The van der Waals surface area contributed by atoms with Crippen LogP contribution in [0.5, 0.6) is 0 Å². The van der Waals surface area contributed by atoms with Gasteiger partial charge in [-0.05, 0) is 37.8 Å². The number of aryl methyl sites for hydroxylation is 1. The number of anilines is 1. The molecule has 2 rings (SSSR count). The molecule has 2 amide bonds. The van der Waals surface area contributed by atoms with E-state index in [-0.39, 0.29) is 6.03 Å². The molecular weight excluding hydrogens is 268 g/mol. The lowest BCUT2D eigenvalue weighted by atomic mass is 9.80. The Hall–Kier alpha value is -2.04. The minimum atomic E-state index is -0.779. The Morgan fingerprint density at radius 1 is 1.29 bits per heavy atom. The molecule has 5 nitrogen and oxygen atoms in total. The topological polar surface area (TPSA) is 69.6 Å². The molecule has 0 bridgehead atoms. The summed E-state index contributed by atoms with van der Waals surface area (Å²) in [6, 6.07) is 7.58. The Labute approximate surface area is 125 Å². The standard InChI is InChI=1S/C16H22N2O3/c1-3-12-6-4-5-7-13(12)17-15(21)18-10-8-16(2,9-11-18)14(19)20/h4-7H,3,8-11H2,1-2H3,(H,17,21)(H,19,20). The summed E-state index contributed by atoms with van der Waals surface area (Å²) in [7, 11) is 0. The number of hydrogen-bond acceptors (Lipinski definition) is 2. The van der Waals surface area contributed by atoms with Crippen LogP contribution in [0.3, 0.4) is 0 Å². The predicted octanol–water partition coefficient (Wildman–Crippen LogP) is 2.97. The molecule has 0 aromatic heterocycles. The Balaban J connectivity index is 1.98. The number of nitrogens with zero attached hydrogens (tertiary/aromatic N) is 1. The van der Waals surface area contributed by atoms with E-state index in [4.69, 9.17) is 0 Å². The number of carboxylic acids is 1. The highest BCUT2D eigenvalue weighted by molar-refractivity contribution is 5.90. The van der Waals surface area contributed by atoms with Crippen molar-refractivity contribution in [3.63, 3.8) is 0 Å². The Morgan fingerprint density at radius 3 is 2.48 bits per heavy atom. The normalized spacial score (nSPS) is 17.3. The van der Waals surface area contributed by atoms with Gasteiger partial charge in [0.2, 0.25) is 0 Å². The maximum absolute atomic E-state index is 12.3. The average Bonchev–Trinajstić information content (AvgIpc) is 2.48. The van der Waals surface area contributed by atoms with Crippen LogP contribution in [0, 0.1) is 5.41 Å². The minimum absolute atomic E-state index is 0.150. The first-order valence-electron chi connectivity index (χ1n) is 7.33. The molecule has 114 valence electrons. The third-order valence-corrected chi connectivity index (χ3v) is 4.31. The number of carbonyl (C=O) groups is 2. The number of benzene rings is 1. The van der Waals surface area contributed by atoms with Crippen LogP contribution in [0.15, 0.2) is 24.3 Å². The summed E-state index contributed by atoms with van der Waals surface area (Å²) in [6.07, 6.45) is 1.84. The lowest BCUT2D eigenvalue weighted by Gasteiger charge is -2.36. The number of hydrogen-bond donors (Lipinski definition) is 2. The largest absolute Gasteiger partial charge is 0.481 e. The first-order chi connectivity index (χ1) is 9.96. The van der Waals surface area contributed by atoms with Gasteiger partial charge in [-0.3, -0.25) is 4.79 Å². The fourth-order valence-electron chi connectivity index (χ4n) is 2.56. The number of urea groups is 1. The SMILES string of the molecule is CCc1ccccc1NC(=O)N1CCC(C)(C(=O)O)CC1. The van der Waals surface area contributed by atoms with Gasteiger partial charge in [0, 0.05) is 18.8 Å².